The summed E-state index contributed by atoms with van der Waals surface area (Å²) < 4.78 is 5.09. The molecule has 0 saturated carbocycles. The first-order valence-corrected chi connectivity index (χ1v) is 6.02. The van der Waals surface area contributed by atoms with Crippen LogP contribution in [-0.4, -0.2) is 24.5 Å². The Morgan fingerprint density at radius 3 is 2.88 bits per heavy atom. The lowest BCUT2D eigenvalue weighted by atomic mass is 10.1. The molecule has 5 heteroatoms. The normalized spacial score (nSPS) is 12.2. The van der Waals surface area contributed by atoms with Gasteiger partial charge in [0.05, 0.1) is 24.5 Å². The monoisotopic (exact) mass is 255 g/mol. The number of benzene rings is 1. The SMILES string of the molecule is COc1cccc2c1C(=O)CS2.N#CCCl. The van der Waals surface area contributed by atoms with Gasteiger partial charge in [0.1, 0.15) is 11.6 Å². The maximum Gasteiger partial charge on any atom is 0.177 e. The van der Waals surface area contributed by atoms with Gasteiger partial charge in [0.2, 0.25) is 0 Å². The maximum atomic E-state index is 11.3. The summed E-state index contributed by atoms with van der Waals surface area (Å²) in [6.45, 7) is 0. The number of carbonyl (C=O) groups is 1. The number of carbonyl (C=O) groups excluding carboxylic acids is 1. The quantitative estimate of drug-likeness (QED) is 0.724. The van der Waals surface area contributed by atoms with E-state index in [2.05, 4.69) is 0 Å². The van der Waals surface area contributed by atoms with E-state index in [1.165, 1.54) is 0 Å². The maximum absolute atomic E-state index is 11.3. The Bertz CT molecular complexity index is 428. The summed E-state index contributed by atoms with van der Waals surface area (Å²) in [5.41, 5.74) is 0.755. The standard InChI is InChI=1S/C9H8O2S.C2H2ClN/c1-11-7-3-2-4-8-9(7)6(10)5-12-8;3-1-2-4/h2-4H,5H2,1H3;1H2. The Balaban J connectivity index is 0.000000280. The number of fused-ring (bicyclic) bond motifs is 1. The second kappa shape index (κ2) is 6.41. The summed E-state index contributed by atoms with van der Waals surface area (Å²) in [5, 5.41) is 7.49. The van der Waals surface area contributed by atoms with E-state index in [1.54, 1.807) is 24.9 Å². The summed E-state index contributed by atoms with van der Waals surface area (Å²) in [5.74, 6) is 1.52. The number of Topliss-reactive ketones (excluding diaryl/α,β-unsaturated/α-hetero) is 1. The largest absolute Gasteiger partial charge is 0.496 e. The highest BCUT2D eigenvalue weighted by Crippen LogP contribution is 2.36. The summed E-state index contributed by atoms with van der Waals surface area (Å²) in [6, 6.07) is 7.38. The van der Waals surface area contributed by atoms with Crippen LogP contribution >= 0.6 is 23.4 Å². The second-order valence-electron chi connectivity index (χ2n) is 2.84. The lowest BCUT2D eigenvalue weighted by Crippen LogP contribution is -1.98. The first kappa shape index (κ1) is 12.9. The van der Waals surface area contributed by atoms with Gasteiger partial charge in [-0.15, -0.1) is 23.4 Å². The number of hydrogen-bond acceptors (Lipinski definition) is 4. The molecule has 3 nitrogen and oxygen atoms in total. The van der Waals surface area contributed by atoms with Crippen LogP contribution in [-0.2, 0) is 0 Å². The van der Waals surface area contributed by atoms with Crippen LogP contribution in [0.2, 0.25) is 0 Å². The van der Waals surface area contributed by atoms with Crippen molar-refractivity contribution < 1.29 is 9.53 Å². The van der Waals surface area contributed by atoms with Crippen LogP contribution in [0.5, 0.6) is 5.75 Å². The van der Waals surface area contributed by atoms with Gasteiger partial charge >= 0.3 is 0 Å². The Hall–Kier alpha value is -1.18. The molecule has 0 radical (unpaired) electrons. The van der Waals surface area contributed by atoms with Crippen molar-refractivity contribution in [3.05, 3.63) is 23.8 Å². The van der Waals surface area contributed by atoms with Crippen LogP contribution < -0.4 is 4.74 Å². The van der Waals surface area contributed by atoms with Gasteiger partial charge in [-0.05, 0) is 12.1 Å². The molecule has 0 unspecified atom stereocenters. The first-order chi connectivity index (χ1) is 7.74. The number of ketones is 1. The molecule has 0 bridgehead atoms. The molecule has 1 aromatic rings. The smallest absolute Gasteiger partial charge is 0.177 e. The molecule has 1 aliphatic heterocycles. The summed E-state index contributed by atoms with van der Waals surface area (Å²) in [7, 11) is 1.59. The van der Waals surface area contributed by atoms with Gasteiger partial charge in [0.15, 0.2) is 5.78 Å². The average Bonchev–Trinajstić information content (AvgIpc) is 2.72. The number of methoxy groups -OCH3 is 1. The highest BCUT2D eigenvalue weighted by atomic mass is 35.5. The summed E-state index contributed by atoms with van der Waals surface area (Å²) in [6.07, 6.45) is 0. The molecular formula is C11H10ClNO2S. The molecule has 1 heterocycles. The Labute approximate surface area is 103 Å². The lowest BCUT2D eigenvalue weighted by molar-refractivity contribution is 0.102. The van der Waals surface area contributed by atoms with E-state index < -0.39 is 0 Å². The minimum absolute atomic E-state index is 0.0972. The van der Waals surface area contributed by atoms with Gasteiger partial charge in [-0.25, -0.2) is 0 Å². The van der Waals surface area contributed by atoms with E-state index in [0.717, 1.165) is 10.5 Å². The molecule has 0 spiro atoms. The van der Waals surface area contributed by atoms with E-state index >= 15 is 0 Å². The molecule has 1 aromatic carbocycles. The topological polar surface area (TPSA) is 50.1 Å². The third kappa shape index (κ3) is 2.91. The Morgan fingerprint density at radius 2 is 2.31 bits per heavy atom. The fourth-order valence-corrected chi connectivity index (χ4v) is 2.26. The fraction of sp³-hybridized carbons (Fsp3) is 0.273. The van der Waals surface area contributed by atoms with Gasteiger partial charge < -0.3 is 4.74 Å². The molecule has 84 valence electrons. The van der Waals surface area contributed by atoms with Crippen molar-refractivity contribution in [1.82, 2.24) is 0 Å². The van der Waals surface area contributed by atoms with Gasteiger partial charge in [-0.1, -0.05) is 6.07 Å². The van der Waals surface area contributed by atoms with Gasteiger partial charge in [-0.3, -0.25) is 4.79 Å². The van der Waals surface area contributed by atoms with Crippen molar-refractivity contribution in [2.75, 3.05) is 18.7 Å². The molecule has 0 saturated heterocycles. The second-order valence-corrected chi connectivity index (χ2v) is 4.12. The minimum Gasteiger partial charge on any atom is -0.496 e. The number of thioether (sulfide) groups is 1. The number of hydrogen-bond donors (Lipinski definition) is 0. The van der Waals surface area contributed by atoms with E-state index in [9.17, 15) is 4.79 Å². The van der Waals surface area contributed by atoms with E-state index in [4.69, 9.17) is 21.6 Å². The number of ether oxygens (including phenoxy) is 1. The van der Waals surface area contributed by atoms with E-state index in [0.29, 0.717) is 11.5 Å². The van der Waals surface area contributed by atoms with E-state index in [1.807, 2.05) is 18.2 Å². The zero-order valence-corrected chi connectivity index (χ0v) is 10.3. The Morgan fingerprint density at radius 1 is 1.62 bits per heavy atom. The number of halogens is 1. The van der Waals surface area contributed by atoms with Crippen LogP contribution in [0.25, 0.3) is 0 Å². The van der Waals surface area contributed by atoms with Crippen molar-refractivity contribution in [3.63, 3.8) is 0 Å². The predicted molar refractivity (Wildman–Crippen MR) is 64.4 cm³/mol. The van der Waals surface area contributed by atoms with Gasteiger partial charge in [0.25, 0.3) is 0 Å². The highest BCUT2D eigenvalue weighted by Gasteiger charge is 2.23. The lowest BCUT2D eigenvalue weighted by Gasteiger charge is -2.03. The van der Waals surface area contributed by atoms with Crippen molar-refractivity contribution in [2.24, 2.45) is 0 Å². The highest BCUT2D eigenvalue weighted by molar-refractivity contribution is 8.00. The number of alkyl halides is 1. The van der Waals surface area contributed by atoms with Crippen molar-refractivity contribution in [2.45, 2.75) is 4.90 Å². The summed E-state index contributed by atoms with van der Waals surface area (Å²) >= 11 is 6.40. The molecule has 1 aliphatic rings. The zero-order chi connectivity index (χ0) is 12.0. The van der Waals surface area contributed by atoms with Crippen molar-refractivity contribution >= 4 is 29.1 Å². The zero-order valence-electron chi connectivity index (χ0n) is 8.70. The molecule has 0 fully saturated rings. The molecule has 0 aromatic heterocycles. The molecule has 2 rings (SSSR count). The van der Waals surface area contributed by atoms with Crippen LogP contribution in [0, 0.1) is 11.3 Å². The van der Waals surface area contributed by atoms with Gasteiger partial charge in [-0.2, -0.15) is 5.26 Å². The van der Waals surface area contributed by atoms with Crippen LogP contribution in [0.4, 0.5) is 0 Å². The van der Waals surface area contributed by atoms with Crippen LogP contribution in [0.1, 0.15) is 10.4 Å². The number of nitrogens with zero attached hydrogens (tertiary/aromatic N) is 1. The molecular weight excluding hydrogens is 246 g/mol. The molecule has 0 N–H and O–H groups in total. The number of rotatable bonds is 1. The molecule has 0 amide bonds. The predicted octanol–water partition coefficient (Wildman–Crippen LogP) is 2.73. The van der Waals surface area contributed by atoms with Gasteiger partial charge in [0, 0.05) is 4.90 Å². The third-order valence-corrected chi connectivity index (χ3v) is 3.08. The first-order valence-electron chi connectivity index (χ1n) is 4.50. The van der Waals surface area contributed by atoms with Crippen LogP contribution in [0.3, 0.4) is 0 Å². The number of nitriles is 1. The average molecular weight is 256 g/mol. The fourth-order valence-electron chi connectivity index (χ4n) is 1.29. The molecule has 0 aliphatic carbocycles. The molecule has 16 heavy (non-hydrogen) atoms. The van der Waals surface area contributed by atoms with E-state index in [-0.39, 0.29) is 11.7 Å². The van der Waals surface area contributed by atoms with Crippen LogP contribution in [0.15, 0.2) is 23.1 Å². The molecule has 0 atom stereocenters. The van der Waals surface area contributed by atoms with Crippen molar-refractivity contribution in [1.29, 1.82) is 5.26 Å². The minimum atomic E-state index is 0.0972. The Kier molecular flexibility index (Phi) is 5.17. The summed E-state index contributed by atoms with van der Waals surface area (Å²) in [4.78, 5) is 12.4. The van der Waals surface area contributed by atoms with Crippen molar-refractivity contribution in [3.8, 4) is 11.8 Å². The third-order valence-electron chi connectivity index (χ3n) is 1.91.